The van der Waals surface area contributed by atoms with Gasteiger partial charge in [-0.2, -0.15) is 4.98 Å². The first-order valence-electron chi connectivity index (χ1n) is 5.71. The van der Waals surface area contributed by atoms with Crippen LogP contribution in [0.4, 0.5) is 11.8 Å². The van der Waals surface area contributed by atoms with Gasteiger partial charge in [0.2, 0.25) is 5.95 Å². The molecule has 1 N–H and O–H groups in total. The maximum Gasteiger partial charge on any atom is 0.224 e. The summed E-state index contributed by atoms with van der Waals surface area (Å²) >= 11 is 3.51. The van der Waals surface area contributed by atoms with Gasteiger partial charge in [-0.3, -0.25) is 0 Å². The predicted octanol–water partition coefficient (Wildman–Crippen LogP) is 2.66. The van der Waals surface area contributed by atoms with Crippen molar-refractivity contribution in [1.29, 1.82) is 0 Å². The summed E-state index contributed by atoms with van der Waals surface area (Å²) in [6.07, 6.45) is 5.68. The first-order valence-corrected chi connectivity index (χ1v) is 6.51. The third kappa shape index (κ3) is 2.29. The van der Waals surface area contributed by atoms with Crippen LogP contribution < -0.4 is 10.2 Å². The van der Waals surface area contributed by atoms with Crippen molar-refractivity contribution in [2.24, 2.45) is 0 Å². The van der Waals surface area contributed by atoms with Crippen LogP contribution in [0, 0.1) is 0 Å². The van der Waals surface area contributed by atoms with Crippen LogP contribution in [-0.2, 0) is 0 Å². The highest BCUT2D eigenvalue weighted by Gasteiger charge is 2.24. The van der Waals surface area contributed by atoms with E-state index in [1.165, 1.54) is 19.3 Å². The van der Waals surface area contributed by atoms with E-state index >= 15 is 0 Å². The van der Waals surface area contributed by atoms with Crippen LogP contribution in [0.25, 0.3) is 0 Å². The Morgan fingerprint density at radius 3 is 2.88 bits per heavy atom. The summed E-state index contributed by atoms with van der Waals surface area (Å²) in [6.45, 7) is 2.88. The molecule has 16 heavy (non-hydrogen) atoms. The molecule has 1 aromatic rings. The summed E-state index contributed by atoms with van der Waals surface area (Å²) in [6, 6.07) is 0.640. The number of aromatic nitrogens is 2. The monoisotopic (exact) mass is 284 g/mol. The van der Waals surface area contributed by atoms with Crippen LogP contribution in [0.3, 0.4) is 0 Å². The quantitative estimate of drug-likeness (QED) is 0.923. The van der Waals surface area contributed by atoms with Crippen molar-refractivity contribution in [3.8, 4) is 0 Å². The van der Waals surface area contributed by atoms with E-state index in [0.29, 0.717) is 12.0 Å². The van der Waals surface area contributed by atoms with Crippen molar-refractivity contribution >= 4 is 27.7 Å². The van der Waals surface area contributed by atoms with Crippen molar-refractivity contribution in [1.82, 2.24) is 9.97 Å². The van der Waals surface area contributed by atoms with E-state index in [-0.39, 0.29) is 0 Å². The van der Waals surface area contributed by atoms with Crippen LogP contribution in [0.2, 0.25) is 0 Å². The van der Waals surface area contributed by atoms with E-state index in [9.17, 15) is 0 Å². The zero-order chi connectivity index (χ0) is 11.5. The van der Waals surface area contributed by atoms with Gasteiger partial charge in [0.1, 0.15) is 5.82 Å². The molecule has 0 saturated heterocycles. The second kappa shape index (κ2) is 4.99. The molecule has 0 bridgehead atoms. The van der Waals surface area contributed by atoms with Gasteiger partial charge in [-0.15, -0.1) is 0 Å². The largest absolute Gasteiger partial charge is 0.356 e. The van der Waals surface area contributed by atoms with E-state index in [0.717, 1.165) is 16.8 Å². The average molecular weight is 285 g/mol. The Morgan fingerprint density at radius 2 is 2.31 bits per heavy atom. The smallest absolute Gasteiger partial charge is 0.224 e. The number of hydrogen-bond acceptors (Lipinski definition) is 4. The third-order valence-corrected chi connectivity index (χ3v) is 3.58. The summed E-state index contributed by atoms with van der Waals surface area (Å²) in [5.41, 5.74) is 0. The zero-order valence-corrected chi connectivity index (χ0v) is 11.3. The molecule has 4 nitrogen and oxygen atoms in total. The van der Waals surface area contributed by atoms with Crippen LogP contribution in [0.15, 0.2) is 10.7 Å². The predicted molar refractivity (Wildman–Crippen MR) is 69.9 cm³/mol. The average Bonchev–Trinajstić information content (AvgIpc) is 2.18. The minimum atomic E-state index is 0.640. The first kappa shape index (κ1) is 11.6. The lowest BCUT2D eigenvalue weighted by Gasteiger charge is -2.36. The maximum atomic E-state index is 4.52. The van der Waals surface area contributed by atoms with E-state index < -0.39 is 0 Å². The molecule has 1 heterocycles. The third-order valence-electron chi connectivity index (χ3n) is 3.02. The molecule has 2 rings (SSSR count). The van der Waals surface area contributed by atoms with Crippen LogP contribution >= 0.6 is 15.9 Å². The zero-order valence-electron chi connectivity index (χ0n) is 9.70. The van der Waals surface area contributed by atoms with Gasteiger partial charge < -0.3 is 10.2 Å². The Bertz CT molecular complexity index is 365. The molecule has 1 saturated carbocycles. The van der Waals surface area contributed by atoms with Crippen LogP contribution in [0.5, 0.6) is 0 Å². The molecule has 0 radical (unpaired) electrons. The lowest BCUT2D eigenvalue weighted by molar-refractivity contribution is 0.399. The van der Waals surface area contributed by atoms with Gasteiger partial charge in [0.15, 0.2) is 0 Å². The molecule has 0 aromatic carbocycles. The van der Waals surface area contributed by atoms with E-state index in [1.54, 1.807) is 0 Å². The highest BCUT2D eigenvalue weighted by molar-refractivity contribution is 9.10. The molecule has 0 unspecified atom stereocenters. The highest BCUT2D eigenvalue weighted by Crippen LogP contribution is 2.31. The summed E-state index contributed by atoms with van der Waals surface area (Å²) in [5, 5.41) is 3.14. The summed E-state index contributed by atoms with van der Waals surface area (Å²) in [7, 11) is 2.10. The minimum absolute atomic E-state index is 0.640. The minimum Gasteiger partial charge on any atom is -0.356 e. The van der Waals surface area contributed by atoms with Gasteiger partial charge in [0, 0.05) is 25.8 Å². The number of hydrogen-bond donors (Lipinski definition) is 1. The molecule has 1 fully saturated rings. The van der Waals surface area contributed by atoms with Gasteiger partial charge in [-0.1, -0.05) is 0 Å². The second-order valence-electron chi connectivity index (χ2n) is 4.09. The highest BCUT2D eigenvalue weighted by atomic mass is 79.9. The van der Waals surface area contributed by atoms with E-state index in [1.807, 2.05) is 13.1 Å². The number of anilines is 2. The molecular weight excluding hydrogens is 268 g/mol. The molecule has 0 aliphatic heterocycles. The molecular formula is C11H17BrN4. The number of nitrogens with one attached hydrogen (secondary N) is 1. The Morgan fingerprint density at radius 1 is 1.56 bits per heavy atom. The molecule has 0 spiro atoms. The fourth-order valence-electron chi connectivity index (χ4n) is 1.80. The summed E-state index contributed by atoms with van der Waals surface area (Å²) in [4.78, 5) is 11.0. The van der Waals surface area contributed by atoms with Gasteiger partial charge >= 0.3 is 0 Å². The van der Waals surface area contributed by atoms with Crippen molar-refractivity contribution in [2.45, 2.75) is 32.2 Å². The van der Waals surface area contributed by atoms with Gasteiger partial charge in [0.05, 0.1) is 4.47 Å². The Labute approximate surface area is 105 Å². The molecule has 1 aliphatic carbocycles. The molecule has 0 atom stereocenters. The second-order valence-corrected chi connectivity index (χ2v) is 4.95. The fraction of sp³-hybridized carbons (Fsp3) is 0.636. The summed E-state index contributed by atoms with van der Waals surface area (Å²) in [5.74, 6) is 1.68. The molecule has 1 aromatic heterocycles. The van der Waals surface area contributed by atoms with Crippen LogP contribution in [-0.4, -0.2) is 29.6 Å². The van der Waals surface area contributed by atoms with Crippen molar-refractivity contribution in [3.63, 3.8) is 0 Å². The van der Waals surface area contributed by atoms with Crippen molar-refractivity contribution in [3.05, 3.63) is 10.7 Å². The standard InChI is InChI=1S/C11H17BrN4/c1-3-13-11-14-7-9(12)10(15-11)16(2)8-5-4-6-8/h7-8H,3-6H2,1-2H3,(H,13,14,15). The fourth-order valence-corrected chi connectivity index (χ4v) is 2.27. The Hall–Kier alpha value is -0.840. The molecule has 0 amide bonds. The summed E-state index contributed by atoms with van der Waals surface area (Å²) < 4.78 is 0.962. The van der Waals surface area contributed by atoms with Crippen LogP contribution in [0.1, 0.15) is 26.2 Å². The number of rotatable bonds is 4. The van der Waals surface area contributed by atoms with Gasteiger partial charge in [-0.05, 0) is 42.1 Å². The van der Waals surface area contributed by atoms with Crippen molar-refractivity contribution < 1.29 is 0 Å². The van der Waals surface area contributed by atoms with E-state index in [4.69, 9.17) is 0 Å². The number of nitrogens with zero attached hydrogens (tertiary/aromatic N) is 3. The lowest BCUT2D eigenvalue weighted by Crippen LogP contribution is -2.37. The molecule has 1 aliphatic rings. The topological polar surface area (TPSA) is 41.1 Å². The van der Waals surface area contributed by atoms with Crippen molar-refractivity contribution in [2.75, 3.05) is 23.8 Å². The Balaban J connectivity index is 2.19. The maximum absolute atomic E-state index is 4.52. The Kier molecular flexibility index (Phi) is 3.63. The first-order chi connectivity index (χ1) is 7.72. The molecule has 5 heteroatoms. The van der Waals surface area contributed by atoms with E-state index in [2.05, 4.69) is 43.2 Å². The normalized spacial score (nSPS) is 15.7. The number of halogens is 1. The molecule has 88 valence electrons. The van der Waals surface area contributed by atoms with Gasteiger partial charge in [0.25, 0.3) is 0 Å². The lowest BCUT2D eigenvalue weighted by atomic mass is 9.92. The SMILES string of the molecule is CCNc1ncc(Br)c(N(C)C2CCC2)n1. The van der Waals surface area contributed by atoms with Gasteiger partial charge in [-0.25, -0.2) is 4.98 Å².